The molecule has 0 heterocycles. The van der Waals surface area contributed by atoms with Gasteiger partial charge < -0.3 is 11.5 Å². The first-order chi connectivity index (χ1) is 6.28. The number of aliphatic imine (C=N–C) groups is 1. The molecule has 3 heteroatoms. The Kier molecular flexibility index (Phi) is 2.44. The number of allylic oxidation sites excluding steroid dienone is 3. The van der Waals surface area contributed by atoms with Gasteiger partial charge in [-0.25, -0.2) is 4.99 Å². The van der Waals surface area contributed by atoms with Gasteiger partial charge in [0.05, 0.1) is 5.70 Å². The van der Waals surface area contributed by atoms with E-state index in [1.54, 1.807) is 0 Å². The van der Waals surface area contributed by atoms with Crippen LogP contribution < -0.4 is 11.5 Å². The third-order valence-electron chi connectivity index (χ3n) is 3.25. The van der Waals surface area contributed by atoms with Crippen LogP contribution >= 0.6 is 0 Å². The average Bonchev–Trinajstić information content (AvgIpc) is 2.20. The molecule has 0 aliphatic heterocycles. The quantitative estimate of drug-likeness (QED) is 0.493. The van der Waals surface area contributed by atoms with Gasteiger partial charge in [0.2, 0.25) is 0 Å². The summed E-state index contributed by atoms with van der Waals surface area (Å²) in [6.45, 7) is 10.6. The van der Waals surface area contributed by atoms with E-state index in [4.69, 9.17) is 11.5 Å². The van der Waals surface area contributed by atoms with Crippen molar-refractivity contribution >= 4 is 5.96 Å². The molecule has 0 saturated heterocycles. The zero-order valence-corrected chi connectivity index (χ0v) is 9.60. The van der Waals surface area contributed by atoms with E-state index in [2.05, 4.69) is 39.6 Å². The maximum absolute atomic E-state index is 5.42. The first-order valence-electron chi connectivity index (χ1n) is 4.77. The van der Waals surface area contributed by atoms with Crippen LogP contribution in [0.2, 0.25) is 0 Å². The van der Waals surface area contributed by atoms with Crippen LogP contribution in [0.25, 0.3) is 0 Å². The van der Waals surface area contributed by atoms with Gasteiger partial charge in [0.15, 0.2) is 5.96 Å². The Morgan fingerprint density at radius 2 is 1.57 bits per heavy atom. The molecule has 0 bridgehead atoms. The van der Waals surface area contributed by atoms with E-state index in [9.17, 15) is 0 Å². The van der Waals surface area contributed by atoms with Crippen molar-refractivity contribution in [1.29, 1.82) is 0 Å². The first-order valence-corrected chi connectivity index (χ1v) is 4.77. The lowest BCUT2D eigenvalue weighted by Gasteiger charge is -2.22. The summed E-state index contributed by atoms with van der Waals surface area (Å²) < 4.78 is 0. The minimum absolute atomic E-state index is 0.0435. The van der Waals surface area contributed by atoms with Crippen LogP contribution in [0.1, 0.15) is 34.6 Å². The second-order valence-electron chi connectivity index (χ2n) is 4.39. The van der Waals surface area contributed by atoms with Gasteiger partial charge in [-0.3, -0.25) is 0 Å². The molecule has 14 heavy (non-hydrogen) atoms. The van der Waals surface area contributed by atoms with Gasteiger partial charge in [-0.05, 0) is 31.9 Å². The Balaban J connectivity index is 3.29. The molecule has 0 radical (unpaired) electrons. The topological polar surface area (TPSA) is 64.4 Å². The van der Waals surface area contributed by atoms with Crippen molar-refractivity contribution in [2.75, 3.05) is 0 Å². The number of hydrogen-bond donors (Lipinski definition) is 2. The molecule has 0 aromatic rings. The molecule has 0 unspecified atom stereocenters. The fraction of sp³-hybridized carbons (Fsp3) is 0.545. The average molecular weight is 193 g/mol. The summed E-state index contributed by atoms with van der Waals surface area (Å²) >= 11 is 0. The third kappa shape index (κ3) is 1.43. The van der Waals surface area contributed by atoms with Gasteiger partial charge >= 0.3 is 0 Å². The fourth-order valence-corrected chi connectivity index (χ4v) is 1.93. The standard InChI is InChI=1S/C11H19N3/c1-6-7(2)9(14-10(12)13)11(4,5)8(6)3/h1-5H3,(H4,12,13,14). The Morgan fingerprint density at radius 1 is 1.07 bits per heavy atom. The molecule has 0 atom stereocenters. The summed E-state index contributed by atoms with van der Waals surface area (Å²) in [5, 5.41) is 0. The minimum Gasteiger partial charge on any atom is -0.370 e. The zero-order valence-electron chi connectivity index (χ0n) is 9.60. The highest BCUT2D eigenvalue weighted by atomic mass is 15.0. The number of nitrogens with two attached hydrogens (primary N) is 2. The van der Waals surface area contributed by atoms with Crippen LogP contribution in [-0.4, -0.2) is 5.96 Å². The second kappa shape index (κ2) is 3.15. The van der Waals surface area contributed by atoms with Gasteiger partial charge in [0, 0.05) is 5.41 Å². The van der Waals surface area contributed by atoms with Crippen LogP contribution in [0.4, 0.5) is 0 Å². The molecule has 1 aliphatic carbocycles. The zero-order chi connectivity index (χ0) is 11.1. The lowest BCUT2D eigenvalue weighted by Crippen LogP contribution is -2.25. The van der Waals surface area contributed by atoms with E-state index in [1.807, 2.05) is 0 Å². The lowest BCUT2D eigenvalue weighted by molar-refractivity contribution is 0.541. The van der Waals surface area contributed by atoms with Gasteiger partial charge in [-0.15, -0.1) is 0 Å². The van der Waals surface area contributed by atoms with Crippen LogP contribution in [0.5, 0.6) is 0 Å². The molecule has 1 aliphatic rings. The molecule has 1 rings (SSSR count). The van der Waals surface area contributed by atoms with E-state index in [-0.39, 0.29) is 11.4 Å². The number of hydrogen-bond acceptors (Lipinski definition) is 1. The SMILES string of the molecule is CC1=C(C)C(C)(C)C(N=C(N)N)=C1C. The van der Waals surface area contributed by atoms with Crippen LogP contribution in [-0.2, 0) is 0 Å². The predicted molar refractivity (Wildman–Crippen MR) is 60.7 cm³/mol. The smallest absolute Gasteiger partial charge is 0.190 e. The second-order valence-corrected chi connectivity index (χ2v) is 4.39. The molecular weight excluding hydrogens is 174 g/mol. The maximum Gasteiger partial charge on any atom is 0.190 e. The Labute approximate surface area is 85.6 Å². The Bertz CT molecular complexity index is 353. The molecule has 0 aromatic carbocycles. The van der Waals surface area contributed by atoms with Crippen molar-refractivity contribution in [2.24, 2.45) is 21.9 Å². The summed E-state index contributed by atoms with van der Waals surface area (Å²) in [5.41, 5.74) is 15.6. The van der Waals surface area contributed by atoms with Gasteiger partial charge in [-0.1, -0.05) is 19.4 Å². The third-order valence-corrected chi connectivity index (χ3v) is 3.25. The van der Waals surface area contributed by atoms with Gasteiger partial charge in [0.1, 0.15) is 0 Å². The molecule has 0 amide bonds. The van der Waals surface area contributed by atoms with E-state index >= 15 is 0 Å². The summed E-state index contributed by atoms with van der Waals surface area (Å²) in [5.74, 6) is 0.134. The molecular formula is C11H19N3. The first kappa shape index (κ1) is 10.8. The van der Waals surface area contributed by atoms with Crippen LogP contribution in [0.15, 0.2) is 27.4 Å². The summed E-state index contributed by atoms with van der Waals surface area (Å²) in [7, 11) is 0. The van der Waals surface area contributed by atoms with E-state index in [0.29, 0.717) is 0 Å². The van der Waals surface area contributed by atoms with Crippen LogP contribution in [0.3, 0.4) is 0 Å². The van der Waals surface area contributed by atoms with Gasteiger partial charge in [-0.2, -0.15) is 0 Å². The number of guanidine groups is 1. The van der Waals surface area contributed by atoms with Gasteiger partial charge in [0.25, 0.3) is 0 Å². The minimum atomic E-state index is -0.0435. The summed E-state index contributed by atoms with van der Waals surface area (Å²) in [6, 6.07) is 0. The Morgan fingerprint density at radius 3 is 1.86 bits per heavy atom. The highest BCUT2D eigenvalue weighted by molar-refractivity contribution is 5.77. The normalized spacial score (nSPS) is 20.4. The van der Waals surface area contributed by atoms with E-state index in [0.717, 1.165) is 5.70 Å². The van der Waals surface area contributed by atoms with Crippen molar-refractivity contribution < 1.29 is 0 Å². The van der Waals surface area contributed by atoms with Crippen molar-refractivity contribution in [3.8, 4) is 0 Å². The molecule has 78 valence electrons. The molecule has 0 saturated carbocycles. The molecule has 0 aromatic heterocycles. The van der Waals surface area contributed by atoms with Crippen LogP contribution in [0, 0.1) is 5.41 Å². The Hall–Kier alpha value is -1.25. The lowest BCUT2D eigenvalue weighted by atomic mass is 9.85. The highest BCUT2D eigenvalue weighted by Crippen LogP contribution is 2.46. The monoisotopic (exact) mass is 193 g/mol. The fourth-order valence-electron chi connectivity index (χ4n) is 1.93. The summed E-state index contributed by atoms with van der Waals surface area (Å²) in [6.07, 6.45) is 0. The largest absolute Gasteiger partial charge is 0.370 e. The molecule has 3 nitrogen and oxygen atoms in total. The number of nitrogens with zero attached hydrogens (tertiary/aromatic N) is 1. The molecule has 0 spiro atoms. The molecule has 0 fully saturated rings. The van der Waals surface area contributed by atoms with Crippen molar-refractivity contribution in [1.82, 2.24) is 0 Å². The predicted octanol–water partition coefficient (Wildman–Crippen LogP) is 1.91. The van der Waals surface area contributed by atoms with Crippen molar-refractivity contribution in [3.63, 3.8) is 0 Å². The van der Waals surface area contributed by atoms with E-state index in [1.165, 1.54) is 16.7 Å². The molecule has 4 N–H and O–H groups in total. The van der Waals surface area contributed by atoms with Crippen molar-refractivity contribution in [3.05, 3.63) is 22.4 Å². The maximum atomic E-state index is 5.42. The van der Waals surface area contributed by atoms with Crippen molar-refractivity contribution in [2.45, 2.75) is 34.6 Å². The van der Waals surface area contributed by atoms with E-state index < -0.39 is 0 Å². The highest BCUT2D eigenvalue weighted by Gasteiger charge is 2.34. The number of rotatable bonds is 1. The summed E-state index contributed by atoms with van der Waals surface area (Å²) in [4.78, 5) is 4.22.